The third kappa shape index (κ3) is 5.56. The standard InChI is InChI=1S/C29H38N4O3/c34-27(31-14-5-1-2-6-15-31)22-30-17-19-32(20-18-30)28(35)24-11-8-16-33(21-24)29(36)26-13-7-10-23-9-3-4-12-25(23)26/h3-4,7,9-10,12-13,24H,1-2,5-6,8,11,14-22H2. The van der Waals surface area contributed by atoms with Gasteiger partial charge in [0.05, 0.1) is 12.5 Å². The lowest BCUT2D eigenvalue weighted by Crippen LogP contribution is -2.54. The Labute approximate surface area is 214 Å². The molecular formula is C29H38N4O3. The molecule has 3 aliphatic heterocycles. The molecule has 3 fully saturated rings. The first-order chi connectivity index (χ1) is 17.6. The lowest BCUT2D eigenvalue weighted by atomic mass is 9.95. The van der Waals surface area contributed by atoms with Crippen molar-refractivity contribution in [2.24, 2.45) is 5.92 Å². The molecule has 7 nitrogen and oxygen atoms in total. The summed E-state index contributed by atoms with van der Waals surface area (Å²) >= 11 is 0. The number of rotatable bonds is 4. The Morgan fingerprint density at radius 1 is 0.694 bits per heavy atom. The molecule has 192 valence electrons. The van der Waals surface area contributed by atoms with Crippen LogP contribution in [0.2, 0.25) is 0 Å². The van der Waals surface area contributed by atoms with Crippen LogP contribution in [0.15, 0.2) is 42.5 Å². The molecule has 0 aliphatic carbocycles. The summed E-state index contributed by atoms with van der Waals surface area (Å²) in [6.45, 7) is 6.17. The Hall–Kier alpha value is -2.93. The van der Waals surface area contributed by atoms with Crippen molar-refractivity contribution in [3.63, 3.8) is 0 Å². The number of carbonyl (C=O) groups is 3. The zero-order valence-corrected chi connectivity index (χ0v) is 21.2. The molecular weight excluding hydrogens is 452 g/mol. The van der Waals surface area contributed by atoms with Crippen molar-refractivity contribution < 1.29 is 14.4 Å². The second kappa shape index (κ2) is 11.4. The number of likely N-dealkylation sites (tertiary alicyclic amines) is 2. The van der Waals surface area contributed by atoms with Gasteiger partial charge in [-0.1, -0.05) is 49.2 Å². The molecule has 0 saturated carbocycles. The van der Waals surface area contributed by atoms with E-state index in [2.05, 4.69) is 4.90 Å². The highest BCUT2D eigenvalue weighted by atomic mass is 16.2. The summed E-state index contributed by atoms with van der Waals surface area (Å²) in [7, 11) is 0. The van der Waals surface area contributed by atoms with Crippen molar-refractivity contribution in [3.8, 4) is 0 Å². The first-order valence-corrected chi connectivity index (χ1v) is 13.7. The average molecular weight is 491 g/mol. The van der Waals surface area contributed by atoms with Gasteiger partial charge in [0.2, 0.25) is 11.8 Å². The SMILES string of the molecule is O=C(CN1CCN(C(=O)C2CCCN(C(=O)c3cccc4ccccc34)C2)CC1)N1CCCCCC1. The van der Waals surface area contributed by atoms with E-state index >= 15 is 0 Å². The summed E-state index contributed by atoms with van der Waals surface area (Å²) in [4.78, 5) is 47.6. The van der Waals surface area contributed by atoms with E-state index in [1.165, 1.54) is 12.8 Å². The van der Waals surface area contributed by atoms with Gasteiger partial charge >= 0.3 is 0 Å². The summed E-state index contributed by atoms with van der Waals surface area (Å²) < 4.78 is 0. The van der Waals surface area contributed by atoms with Gasteiger partial charge in [-0.15, -0.1) is 0 Å². The minimum absolute atomic E-state index is 0.0149. The van der Waals surface area contributed by atoms with Crippen molar-refractivity contribution in [3.05, 3.63) is 48.0 Å². The minimum Gasteiger partial charge on any atom is -0.342 e. The predicted octanol–water partition coefficient (Wildman–Crippen LogP) is 3.24. The quantitative estimate of drug-likeness (QED) is 0.660. The summed E-state index contributed by atoms with van der Waals surface area (Å²) in [6, 6.07) is 13.8. The second-order valence-electron chi connectivity index (χ2n) is 10.5. The van der Waals surface area contributed by atoms with Crippen LogP contribution in [0, 0.1) is 5.92 Å². The average Bonchev–Trinajstić information content (AvgIpc) is 3.22. The summed E-state index contributed by atoms with van der Waals surface area (Å²) in [6.07, 6.45) is 6.32. The molecule has 3 aliphatic rings. The van der Waals surface area contributed by atoms with E-state index < -0.39 is 0 Å². The molecule has 2 aromatic rings. The first kappa shape index (κ1) is 24.8. The van der Waals surface area contributed by atoms with Gasteiger partial charge in [0.25, 0.3) is 5.91 Å². The molecule has 0 aromatic heterocycles. The van der Waals surface area contributed by atoms with E-state index in [0.717, 1.165) is 62.6 Å². The van der Waals surface area contributed by atoms with Crippen LogP contribution >= 0.6 is 0 Å². The van der Waals surface area contributed by atoms with Crippen LogP contribution in [0.3, 0.4) is 0 Å². The van der Waals surface area contributed by atoms with E-state index in [4.69, 9.17) is 0 Å². The highest BCUT2D eigenvalue weighted by Crippen LogP contribution is 2.25. The fourth-order valence-electron chi connectivity index (χ4n) is 5.94. The number of amides is 3. The monoisotopic (exact) mass is 490 g/mol. The molecule has 2 aromatic carbocycles. The van der Waals surface area contributed by atoms with Gasteiger partial charge in [0, 0.05) is 57.9 Å². The zero-order valence-electron chi connectivity index (χ0n) is 21.2. The third-order valence-electron chi connectivity index (χ3n) is 8.08. The molecule has 3 saturated heterocycles. The van der Waals surface area contributed by atoms with Gasteiger partial charge in [-0.2, -0.15) is 0 Å². The summed E-state index contributed by atoms with van der Waals surface area (Å²) in [5.41, 5.74) is 0.712. The highest BCUT2D eigenvalue weighted by Gasteiger charge is 2.33. The second-order valence-corrected chi connectivity index (χ2v) is 10.5. The molecule has 0 spiro atoms. The van der Waals surface area contributed by atoms with E-state index in [-0.39, 0.29) is 23.6 Å². The fourth-order valence-corrected chi connectivity index (χ4v) is 5.94. The number of piperazine rings is 1. The maximum absolute atomic E-state index is 13.4. The van der Waals surface area contributed by atoms with E-state index in [1.54, 1.807) is 0 Å². The van der Waals surface area contributed by atoms with Crippen LogP contribution in [0.4, 0.5) is 0 Å². The molecule has 36 heavy (non-hydrogen) atoms. The van der Waals surface area contributed by atoms with E-state index in [9.17, 15) is 14.4 Å². The topological polar surface area (TPSA) is 64.2 Å². The van der Waals surface area contributed by atoms with Gasteiger partial charge < -0.3 is 14.7 Å². The molecule has 7 heteroatoms. The Balaban J connectivity index is 1.14. The number of piperidine rings is 1. The van der Waals surface area contributed by atoms with E-state index in [0.29, 0.717) is 38.3 Å². The molecule has 3 heterocycles. The largest absolute Gasteiger partial charge is 0.342 e. The maximum Gasteiger partial charge on any atom is 0.254 e. The van der Waals surface area contributed by atoms with Crippen molar-refractivity contribution in [1.82, 2.24) is 19.6 Å². The molecule has 5 rings (SSSR count). The first-order valence-electron chi connectivity index (χ1n) is 13.7. The molecule has 3 amide bonds. The number of carbonyl (C=O) groups excluding carboxylic acids is 3. The van der Waals surface area contributed by atoms with Crippen LogP contribution < -0.4 is 0 Å². The Morgan fingerprint density at radius 3 is 2.17 bits per heavy atom. The number of nitrogens with zero attached hydrogens (tertiary/aromatic N) is 4. The van der Waals surface area contributed by atoms with Gasteiger partial charge in [-0.05, 0) is 42.5 Å². The predicted molar refractivity (Wildman–Crippen MR) is 141 cm³/mol. The van der Waals surface area contributed by atoms with Crippen molar-refractivity contribution in [1.29, 1.82) is 0 Å². The normalized spacial score (nSPS) is 21.9. The van der Waals surface area contributed by atoms with Gasteiger partial charge in [0.15, 0.2) is 0 Å². The fraction of sp³-hybridized carbons (Fsp3) is 0.552. The van der Waals surface area contributed by atoms with Crippen LogP contribution in [0.5, 0.6) is 0 Å². The Morgan fingerprint density at radius 2 is 1.39 bits per heavy atom. The van der Waals surface area contributed by atoms with Crippen LogP contribution in [0.1, 0.15) is 48.9 Å². The molecule has 0 N–H and O–H groups in total. The highest BCUT2D eigenvalue weighted by molar-refractivity contribution is 6.07. The van der Waals surface area contributed by atoms with Crippen LogP contribution in [-0.2, 0) is 9.59 Å². The zero-order chi connectivity index (χ0) is 24.9. The summed E-state index contributed by atoms with van der Waals surface area (Å²) in [5.74, 6) is 0.250. The number of hydrogen-bond donors (Lipinski definition) is 0. The lowest BCUT2D eigenvalue weighted by Gasteiger charge is -2.39. The Bertz CT molecular complexity index is 1080. The van der Waals surface area contributed by atoms with Crippen molar-refractivity contribution in [2.75, 3.05) is 58.9 Å². The molecule has 0 radical (unpaired) electrons. The summed E-state index contributed by atoms with van der Waals surface area (Å²) in [5, 5.41) is 2.02. The van der Waals surface area contributed by atoms with Crippen molar-refractivity contribution in [2.45, 2.75) is 38.5 Å². The maximum atomic E-state index is 13.4. The number of hydrogen-bond acceptors (Lipinski definition) is 4. The van der Waals surface area contributed by atoms with Crippen LogP contribution in [-0.4, -0.2) is 96.2 Å². The Kier molecular flexibility index (Phi) is 7.85. The molecule has 0 bridgehead atoms. The van der Waals surface area contributed by atoms with Gasteiger partial charge in [0.1, 0.15) is 0 Å². The van der Waals surface area contributed by atoms with Crippen molar-refractivity contribution >= 4 is 28.5 Å². The van der Waals surface area contributed by atoms with E-state index in [1.807, 2.05) is 57.2 Å². The molecule has 1 atom stereocenters. The minimum atomic E-state index is -0.150. The lowest BCUT2D eigenvalue weighted by molar-refractivity contribution is -0.139. The van der Waals surface area contributed by atoms with Crippen LogP contribution in [0.25, 0.3) is 10.8 Å². The number of fused-ring (bicyclic) bond motifs is 1. The number of benzene rings is 2. The molecule has 1 unspecified atom stereocenters. The smallest absolute Gasteiger partial charge is 0.254 e. The van der Waals surface area contributed by atoms with Gasteiger partial charge in [-0.25, -0.2) is 0 Å². The third-order valence-corrected chi connectivity index (χ3v) is 8.08. The van der Waals surface area contributed by atoms with Gasteiger partial charge in [-0.3, -0.25) is 19.3 Å².